The van der Waals surface area contributed by atoms with Gasteiger partial charge in [0.25, 0.3) is 0 Å². The summed E-state index contributed by atoms with van der Waals surface area (Å²) in [6, 6.07) is 0. The number of halogens is 1. The lowest BCUT2D eigenvalue weighted by Crippen LogP contribution is -2.60. The summed E-state index contributed by atoms with van der Waals surface area (Å²) in [5.41, 5.74) is -1.84. The first kappa shape index (κ1) is 18.6. The molecule has 1 N–H and O–H groups in total. The standard InChI is InChI=1S/C13H20BrNO5/c1-4-19-11(17)13(15-10(3)16,8-6-7-9-14)12(18)20-5-2/h6-7H,4-5,8-9H2,1-3H3,(H,15,16)/b7-6-. The molecule has 0 rings (SSSR count). The lowest BCUT2D eigenvalue weighted by molar-refractivity contribution is -0.167. The van der Waals surface area contributed by atoms with Crippen molar-refractivity contribution < 1.29 is 23.9 Å². The van der Waals surface area contributed by atoms with Crippen LogP contribution < -0.4 is 5.32 Å². The Morgan fingerprint density at radius 3 is 1.95 bits per heavy atom. The summed E-state index contributed by atoms with van der Waals surface area (Å²) < 4.78 is 9.81. The third-order valence-electron chi connectivity index (χ3n) is 2.32. The van der Waals surface area contributed by atoms with Crippen LogP contribution in [0.1, 0.15) is 27.2 Å². The molecule has 0 saturated carbocycles. The summed E-state index contributed by atoms with van der Waals surface area (Å²) in [5, 5.41) is 2.93. The van der Waals surface area contributed by atoms with E-state index in [2.05, 4.69) is 21.2 Å². The summed E-state index contributed by atoms with van der Waals surface area (Å²) in [6.45, 7) is 4.66. The van der Waals surface area contributed by atoms with Gasteiger partial charge in [-0.3, -0.25) is 4.79 Å². The van der Waals surface area contributed by atoms with Crippen LogP contribution in [-0.4, -0.2) is 41.9 Å². The van der Waals surface area contributed by atoms with Crippen LogP contribution in [0.2, 0.25) is 0 Å². The number of rotatable bonds is 8. The maximum atomic E-state index is 12.1. The number of hydrogen-bond donors (Lipinski definition) is 1. The predicted octanol–water partition coefficient (Wildman–Crippen LogP) is 1.33. The van der Waals surface area contributed by atoms with Gasteiger partial charge in [0.15, 0.2) is 0 Å². The number of alkyl halides is 1. The van der Waals surface area contributed by atoms with Crippen LogP contribution in [-0.2, 0) is 23.9 Å². The molecule has 0 aromatic rings. The highest BCUT2D eigenvalue weighted by molar-refractivity contribution is 9.09. The number of allylic oxidation sites excluding steroid dienone is 1. The molecule has 0 radical (unpaired) electrons. The van der Waals surface area contributed by atoms with Gasteiger partial charge in [0, 0.05) is 18.7 Å². The van der Waals surface area contributed by atoms with Gasteiger partial charge in [0.1, 0.15) is 0 Å². The molecule has 0 spiro atoms. The first-order chi connectivity index (χ1) is 9.44. The van der Waals surface area contributed by atoms with Crippen LogP contribution in [0.3, 0.4) is 0 Å². The highest BCUT2D eigenvalue weighted by atomic mass is 79.9. The molecule has 0 aromatic heterocycles. The monoisotopic (exact) mass is 349 g/mol. The molecule has 0 heterocycles. The summed E-state index contributed by atoms with van der Waals surface area (Å²) in [4.78, 5) is 35.6. The Kier molecular flexibility index (Phi) is 8.87. The van der Waals surface area contributed by atoms with E-state index in [1.165, 1.54) is 6.92 Å². The molecule has 6 nitrogen and oxygen atoms in total. The maximum absolute atomic E-state index is 12.1. The quantitative estimate of drug-likeness (QED) is 0.309. The van der Waals surface area contributed by atoms with Gasteiger partial charge in [-0.15, -0.1) is 0 Å². The zero-order valence-corrected chi connectivity index (χ0v) is 13.5. The van der Waals surface area contributed by atoms with E-state index < -0.39 is 23.4 Å². The molecule has 1 amide bonds. The number of ether oxygens (including phenoxy) is 2. The molecule has 0 aliphatic carbocycles. The first-order valence-corrected chi connectivity index (χ1v) is 7.40. The molecule has 0 bridgehead atoms. The number of carbonyl (C=O) groups is 3. The second-order valence-electron chi connectivity index (χ2n) is 3.86. The van der Waals surface area contributed by atoms with E-state index in [9.17, 15) is 14.4 Å². The van der Waals surface area contributed by atoms with E-state index in [4.69, 9.17) is 9.47 Å². The minimum atomic E-state index is -1.84. The lowest BCUT2D eigenvalue weighted by Gasteiger charge is -2.28. The van der Waals surface area contributed by atoms with Gasteiger partial charge in [-0.2, -0.15) is 0 Å². The fourth-order valence-electron chi connectivity index (χ4n) is 1.54. The number of esters is 2. The van der Waals surface area contributed by atoms with Gasteiger partial charge >= 0.3 is 11.9 Å². The van der Waals surface area contributed by atoms with Gasteiger partial charge in [-0.25, -0.2) is 9.59 Å². The average Bonchev–Trinajstić information content (AvgIpc) is 2.37. The number of nitrogens with one attached hydrogen (secondary N) is 1. The summed E-state index contributed by atoms with van der Waals surface area (Å²) in [6.07, 6.45) is 3.30. The molecule has 0 saturated heterocycles. The average molecular weight is 350 g/mol. The van der Waals surface area contributed by atoms with Gasteiger partial charge in [-0.1, -0.05) is 28.1 Å². The van der Waals surface area contributed by atoms with E-state index >= 15 is 0 Å². The van der Waals surface area contributed by atoms with Crippen molar-refractivity contribution in [3.05, 3.63) is 12.2 Å². The Morgan fingerprint density at radius 1 is 1.10 bits per heavy atom. The van der Waals surface area contributed by atoms with E-state index in [0.717, 1.165) is 0 Å². The Morgan fingerprint density at radius 2 is 1.60 bits per heavy atom. The molecule has 20 heavy (non-hydrogen) atoms. The van der Waals surface area contributed by atoms with Crippen LogP contribution >= 0.6 is 15.9 Å². The second-order valence-corrected chi connectivity index (χ2v) is 4.50. The molecule has 0 aromatic carbocycles. The molecule has 7 heteroatoms. The van der Waals surface area contributed by atoms with Crippen molar-refractivity contribution in [2.24, 2.45) is 0 Å². The molecule has 0 unspecified atom stereocenters. The molecular formula is C13H20BrNO5. The van der Waals surface area contributed by atoms with Crippen molar-refractivity contribution in [1.82, 2.24) is 5.32 Å². The third kappa shape index (κ3) is 5.32. The van der Waals surface area contributed by atoms with Crippen molar-refractivity contribution in [1.29, 1.82) is 0 Å². The van der Waals surface area contributed by atoms with E-state index in [1.54, 1.807) is 26.0 Å². The Hall–Kier alpha value is -1.37. The van der Waals surface area contributed by atoms with Crippen molar-refractivity contribution in [2.75, 3.05) is 18.5 Å². The van der Waals surface area contributed by atoms with Gasteiger partial charge in [0.05, 0.1) is 13.2 Å². The topological polar surface area (TPSA) is 81.7 Å². The Balaban J connectivity index is 5.48. The second kappa shape index (κ2) is 9.52. The maximum Gasteiger partial charge on any atom is 0.344 e. The highest BCUT2D eigenvalue weighted by Gasteiger charge is 2.49. The van der Waals surface area contributed by atoms with Crippen LogP contribution in [0.15, 0.2) is 12.2 Å². The Labute approximate surface area is 127 Å². The highest BCUT2D eigenvalue weighted by Crippen LogP contribution is 2.17. The number of amides is 1. The number of hydrogen-bond acceptors (Lipinski definition) is 5. The van der Waals surface area contributed by atoms with Crippen LogP contribution in [0, 0.1) is 0 Å². The number of carbonyl (C=O) groups excluding carboxylic acids is 3. The van der Waals surface area contributed by atoms with E-state index in [-0.39, 0.29) is 19.6 Å². The molecule has 114 valence electrons. The summed E-state index contributed by atoms with van der Waals surface area (Å²) >= 11 is 3.20. The predicted molar refractivity (Wildman–Crippen MR) is 77.4 cm³/mol. The Bertz CT molecular complexity index is 363. The first-order valence-electron chi connectivity index (χ1n) is 6.28. The van der Waals surface area contributed by atoms with Crippen molar-refractivity contribution in [3.8, 4) is 0 Å². The summed E-state index contributed by atoms with van der Waals surface area (Å²) in [7, 11) is 0. The smallest absolute Gasteiger partial charge is 0.344 e. The van der Waals surface area contributed by atoms with Crippen molar-refractivity contribution in [3.63, 3.8) is 0 Å². The fourth-order valence-corrected chi connectivity index (χ4v) is 1.80. The normalized spacial score (nSPS) is 11.2. The van der Waals surface area contributed by atoms with E-state index in [0.29, 0.717) is 5.33 Å². The molecule has 0 atom stereocenters. The van der Waals surface area contributed by atoms with Crippen LogP contribution in [0.5, 0.6) is 0 Å². The zero-order chi connectivity index (χ0) is 15.6. The van der Waals surface area contributed by atoms with Crippen molar-refractivity contribution >= 4 is 33.8 Å². The van der Waals surface area contributed by atoms with Gasteiger partial charge in [-0.05, 0) is 13.8 Å². The van der Waals surface area contributed by atoms with Crippen LogP contribution in [0.4, 0.5) is 0 Å². The molecule has 0 aliphatic heterocycles. The summed E-state index contributed by atoms with van der Waals surface area (Å²) in [5.74, 6) is -2.17. The van der Waals surface area contributed by atoms with Crippen molar-refractivity contribution in [2.45, 2.75) is 32.7 Å². The fraction of sp³-hybridized carbons (Fsp3) is 0.615. The zero-order valence-electron chi connectivity index (χ0n) is 11.9. The van der Waals surface area contributed by atoms with E-state index in [1.807, 2.05) is 0 Å². The molecule has 0 aliphatic rings. The molecule has 0 fully saturated rings. The lowest BCUT2D eigenvalue weighted by atomic mass is 9.94. The van der Waals surface area contributed by atoms with Gasteiger partial charge < -0.3 is 14.8 Å². The SMILES string of the molecule is CCOC(=O)C(C/C=C\CBr)(NC(C)=O)C(=O)OCC. The largest absolute Gasteiger partial charge is 0.464 e. The third-order valence-corrected chi connectivity index (χ3v) is 2.69. The van der Waals surface area contributed by atoms with Crippen LogP contribution in [0.25, 0.3) is 0 Å². The minimum absolute atomic E-state index is 0.0319. The minimum Gasteiger partial charge on any atom is -0.464 e. The van der Waals surface area contributed by atoms with Gasteiger partial charge in [0.2, 0.25) is 11.4 Å². The molecular weight excluding hydrogens is 330 g/mol.